The van der Waals surface area contributed by atoms with E-state index in [9.17, 15) is 22.8 Å². The third-order valence-corrected chi connectivity index (χ3v) is 4.15. The minimum absolute atomic E-state index is 0.0623. The fraction of sp³-hybridized carbons (Fsp3) is 0.100. The van der Waals surface area contributed by atoms with E-state index >= 15 is 0 Å². The Morgan fingerprint density at radius 3 is 2.45 bits per heavy atom. The molecule has 0 saturated heterocycles. The number of anilines is 2. The molecule has 31 heavy (non-hydrogen) atoms. The molecule has 0 aliphatic heterocycles. The highest BCUT2D eigenvalue weighted by atomic mass is 19.4. The van der Waals surface area contributed by atoms with Gasteiger partial charge in [0.2, 0.25) is 5.91 Å². The summed E-state index contributed by atoms with van der Waals surface area (Å²) in [6.45, 7) is 0. The van der Waals surface area contributed by atoms with Crippen LogP contribution in [0.4, 0.5) is 24.7 Å². The monoisotopic (exact) mass is 431 g/mol. The fourth-order valence-corrected chi connectivity index (χ4v) is 2.76. The number of primary amides is 1. The zero-order chi connectivity index (χ0) is 22.6. The highest BCUT2D eigenvalue weighted by molar-refractivity contribution is 5.99. The molecule has 0 aliphatic carbocycles. The Hall–Kier alpha value is -3.99. The lowest BCUT2D eigenvalue weighted by atomic mass is 10.1. The largest absolute Gasteiger partial charge is 0.416 e. The Morgan fingerprint density at radius 2 is 1.77 bits per heavy atom. The topological polar surface area (TPSA) is 130 Å². The molecular formula is C20H16F3N5O3. The van der Waals surface area contributed by atoms with Crippen molar-refractivity contribution in [1.82, 2.24) is 15.4 Å². The first kappa shape index (κ1) is 21.7. The van der Waals surface area contributed by atoms with Gasteiger partial charge in [0, 0.05) is 11.6 Å². The summed E-state index contributed by atoms with van der Waals surface area (Å²) in [7, 11) is 0. The quantitative estimate of drug-likeness (QED) is 0.351. The lowest BCUT2D eigenvalue weighted by molar-refractivity contribution is -0.137. The minimum Gasteiger partial charge on any atom is -0.366 e. The maximum absolute atomic E-state index is 13.1. The number of hydroxylamine groups is 1. The highest BCUT2D eigenvalue weighted by Gasteiger charge is 2.30. The van der Waals surface area contributed by atoms with Crippen LogP contribution in [-0.4, -0.2) is 27.0 Å². The molecule has 5 N–H and O–H groups in total. The predicted molar refractivity (Wildman–Crippen MR) is 104 cm³/mol. The molecule has 0 bridgehead atoms. The lowest BCUT2D eigenvalue weighted by Gasteiger charge is -2.13. The van der Waals surface area contributed by atoms with Crippen LogP contribution in [0.2, 0.25) is 0 Å². The second-order valence-corrected chi connectivity index (χ2v) is 6.39. The van der Waals surface area contributed by atoms with Crippen LogP contribution in [0.25, 0.3) is 11.4 Å². The third-order valence-electron chi connectivity index (χ3n) is 4.15. The van der Waals surface area contributed by atoms with Crippen LogP contribution in [0.15, 0.2) is 54.6 Å². The molecule has 2 amide bonds. The average molecular weight is 431 g/mol. The first-order chi connectivity index (χ1) is 14.7. The molecule has 11 heteroatoms. The third kappa shape index (κ3) is 5.34. The number of para-hydroxylation sites is 1. The van der Waals surface area contributed by atoms with E-state index in [2.05, 4.69) is 15.3 Å². The van der Waals surface area contributed by atoms with Crippen molar-refractivity contribution >= 4 is 23.3 Å². The van der Waals surface area contributed by atoms with E-state index in [1.54, 1.807) is 18.2 Å². The molecule has 8 nitrogen and oxygen atoms in total. The SMILES string of the molecule is NC(=O)c1ccccc1Nc1cc(CC(=O)NO)nc(-c2cccc(C(F)(F)F)c2)n1. The molecule has 0 aliphatic rings. The van der Waals surface area contributed by atoms with E-state index in [0.717, 1.165) is 12.1 Å². The molecule has 0 spiro atoms. The molecule has 3 rings (SSSR count). The zero-order valence-corrected chi connectivity index (χ0v) is 15.8. The van der Waals surface area contributed by atoms with E-state index in [-0.39, 0.29) is 34.9 Å². The Bertz CT molecular complexity index is 1140. The molecule has 1 heterocycles. The van der Waals surface area contributed by atoms with Crippen LogP contribution in [0.3, 0.4) is 0 Å². The fourth-order valence-electron chi connectivity index (χ4n) is 2.76. The standard InChI is InChI=1S/C20H16F3N5O3/c21-20(22,23)12-5-3-4-11(8-12)19-25-13(10-17(29)28-31)9-16(27-19)26-15-7-2-1-6-14(15)18(24)30/h1-9,31H,10H2,(H2,24,30)(H,28,29)(H,25,26,27). The van der Waals surface area contributed by atoms with Gasteiger partial charge in [0.1, 0.15) is 5.82 Å². The van der Waals surface area contributed by atoms with Crippen molar-refractivity contribution in [3.63, 3.8) is 0 Å². The number of halogens is 3. The first-order valence-corrected chi connectivity index (χ1v) is 8.82. The van der Waals surface area contributed by atoms with Crippen LogP contribution in [0.1, 0.15) is 21.6 Å². The van der Waals surface area contributed by atoms with E-state index in [1.807, 2.05) is 0 Å². The van der Waals surface area contributed by atoms with Crippen molar-refractivity contribution in [2.24, 2.45) is 5.73 Å². The number of carbonyl (C=O) groups is 2. The zero-order valence-electron chi connectivity index (χ0n) is 15.8. The second-order valence-electron chi connectivity index (χ2n) is 6.39. The summed E-state index contributed by atoms with van der Waals surface area (Å²) in [6, 6.07) is 12.1. The van der Waals surface area contributed by atoms with E-state index in [1.165, 1.54) is 29.7 Å². The summed E-state index contributed by atoms with van der Waals surface area (Å²) >= 11 is 0. The van der Waals surface area contributed by atoms with Crippen molar-refractivity contribution in [3.05, 3.63) is 71.4 Å². The lowest BCUT2D eigenvalue weighted by Crippen LogP contribution is -2.21. The number of nitrogens with two attached hydrogens (primary N) is 1. The number of aromatic nitrogens is 2. The molecule has 1 aromatic heterocycles. The van der Waals surface area contributed by atoms with E-state index in [0.29, 0.717) is 5.69 Å². The molecule has 0 saturated carbocycles. The Kier molecular flexibility index (Phi) is 6.16. The number of benzene rings is 2. The smallest absolute Gasteiger partial charge is 0.366 e. The van der Waals surface area contributed by atoms with Crippen molar-refractivity contribution in [2.75, 3.05) is 5.32 Å². The Morgan fingerprint density at radius 1 is 1.03 bits per heavy atom. The van der Waals surface area contributed by atoms with Gasteiger partial charge in [-0.05, 0) is 24.3 Å². The Labute approximate surface area is 173 Å². The average Bonchev–Trinajstić information content (AvgIpc) is 2.73. The summed E-state index contributed by atoms with van der Waals surface area (Å²) < 4.78 is 39.3. The number of alkyl halides is 3. The second kappa shape index (κ2) is 8.79. The molecule has 2 aromatic carbocycles. The van der Waals surface area contributed by atoms with Gasteiger partial charge in [0.05, 0.1) is 28.9 Å². The molecule has 0 atom stereocenters. The van der Waals surface area contributed by atoms with Crippen LogP contribution in [-0.2, 0) is 17.4 Å². The van der Waals surface area contributed by atoms with Crippen molar-refractivity contribution in [2.45, 2.75) is 12.6 Å². The predicted octanol–water partition coefficient (Wildman–Crippen LogP) is 3.05. The summed E-state index contributed by atoms with van der Waals surface area (Å²) in [4.78, 5) is 31.6. The minimum atomic E-state index is -4.56. The maximum atomic E-state index is 13.1. The molecule has 0 unspecified atom stereocenters. The number of hydrogen-bond donors (Lipinski definition) is 4. The molecule has 0 fully saturated rings. The number of rotatable bonds is 6. The van der Waals surface area contributed by atoms with Gasteiger partial charge in [0.25, 0.3) is 5.91 Å². The summed E-state index contributed by atoms with van der Waals surface area (Å²) in [5, 5.41) is 11.6. The van der Waals surface area contributed by atoms with Gasteiger partial charge in [-0.2, -0.15) is 13.2 Å². The van der Waals surface area contributed by atoms with Crippen molar-refractivity contribution in [1.29, 1.82) is 0 Å². The Balaban J connectivity index is 2.08. The number of carbonyl (C=O) groups excluding carboxylic acids is 2. The van der Waals surface area contributed by atoms with Gasteiger partial charge in [-0.3, -0.25) is 14.8 Å². The van der Waals surface area contributed by atoms with Crippen molar-refractivity contribution < 1.29 is 28.0 Å². The van der Waals surface area contributed by atoms with Crippen LogP contribution in [0, 0.1) is 0 Å². The molecule has 3 aromatic rings. The molecular weight excluding hydrogens is 415 g/mol. The van der Waals surface area contributed by atoms with Gasteiger partial charge in [-0.15, -0.1) is 0 Å². The summed E-state index contributed by atoms with van der Waals surface area (Å²) in [5.74, 6) is -1.46. The maximum Gasteiger partial charge on any atom is 0.416 e. The highest BCUT2D eigenvalue weighted by Crippen LogP contribution is 2.32. The molecule has 160 valence electrons. The van der Waals surface area contributed by atoms with Gasteiger partial charge >= 0.3 is 6.18 Å². The number of nitrogens with one attached hydrogen (secondary N) is 2. The van der Waals surface area contributed by atoms with E-state index in [4.69, 9.17) is 10.9 Å². The number of amides is 2. The normalized spacial score (nSPS) is 11.1. The van der Waals surface area contributed by atoms with E-state index < -0.39 is 23.6 Å². The summed E-state index contributed by atoms with van der Waals surface area (Å²) in [6.07, 6.45) is -4.93. The number of hydrogen-bond acceptors (Lipinski definition) is 6. The number of nitrogens with zero attached hydrogens (tertiary/aromatic N) is 2. The van der Waals surface area contributed by atoms with Crippen LogP contribution < -0.4 is 16.5 Å². The van der Waals surface area contributed by atoms with Crippen LogP contribution >= 0.6 is 0 Å². The first-order valence-electron chi connectivity index (χ1n) is 8.82. The van der Waals surface area contributed by atoms with Gasteiger partial charge < -0.3 is 11.1 Å². The molecule has 0 radical (unpaired) electrons. The van der Waals surface area contributed by atoms with Gasteiger partial charge in [-0.1, -0.05) is 24.3 Å². The van der Waals surface area contributed by atoms with Crippen molar-refractivity contribution in [3.8, 4) is 11.4 Å². The van der Waals surface area contributed by atoms with Crippen LogP contribution in [0.5, 0.6) is 0 Å². The van der Waals surface area contributed by atoms with Gasteiger partial charge in [0.15, 0.2) is 5.82 Å². The summed E-state index contributed by atoms with van der Waals surface area (Å²) in [5.41, 5.74) is 6.59. The van der Waals surface area contributed by atoms with Gasteiger partial charge in [-0.25, -0.2) is 15.4 Å².